The molecule has 0 saturated carbocycles. The summed E-state index contributed by atoms with van der Waals surface area (Å²) >= 11 is 0. The third kappa shape index (κ3) is 0.830. The van der Waals surface area contributed by atoms with Gasteiger partial charge in [-0.25, -0.2) is 0 Å². The number of amides is 1. The van der Waals surface area contributed by atoms with Gasteiger partial charge in [0.2, 0.25) is 0 Å². The lowest BCUT2D eigenvalue weighted by molar-refractivity contribution is 0.0983. The fraction of sp³-hybridized carbons (Fsp3) is 0.111. The monoisotopic (exact) mass is 160 g/mol. The summed E-state index contributed by atoms with van der Waals surface area (Å²) < 4.78 is 0. The largest absolute Gasteiger partial charge is 0.307 e. The van der Waals surface area contributed by atoms with E-state index < -0.39 is 0 Å². The Hall–Kier alpha value is -1.64. The third-order valence-electron chi connectivity index (χ3n) is 1.93. The first-order chi connectivity index (χ1) is 5.68. The van der Waals surface area contributed by atoms with Crippen molar-refractivity contribution in [1.29, 1.82) is 5.41 Å². The Morgan fingerprint density at radius 3 is 2.83 bits per heavy atom. The standard InChI is InChI=1S/C9H8N2O/c1-5-2-3-6-7(4-5)8(10)11-9(6)12/h2-4H,1H3,(H2,10,11,12). The maximum atomic E-state index is 11.1. The smallest absolute Gasteiger partial charge is 0.257 e. The van der Waals surface area contributed by atoms with Gasteiger partial charge in [0.1, 0.15) is 5.84 Å². The minimum absolute atomic E-state index is 0.171. The molecular formula is C9H8N2O. The summed E-state index contributed by atoms with van der Waals surface area (Å²) in [6, 6.07) is 5.47. The first-order valence-corrected chi connectivity index (χ1v) is 3.69. The highest BCUT2D eigenvalue weighted by atomic mass is 16.2. The van der Waals surface area contributed by atoms with Crippen molar-refractivity contribution in [2.75, 3.05) is 0 Å². The molecule has 0 atom stereocenters. The lowest BCUT2D eigenvalue weighted by atomic mass is 10.1. The van der Waals surface area contributed by atoms with Gasteiger partial charge in [-0.2, -0.15) is 0 Å². The molecule has 1 aliphatic heterocycles. The van der Waals surface area contributed by atoms with Crippen LogP contribution in [-0.4, -0.2) is 11.7 Å². The van der Waals surface area contributed by atoms with E-state index in [0.29, 0.717) is 11.1 Å². The van der Waals surface area contributed by atoms with E-state index in [9.17, 15) is 4.79 Å². The van der Waals surface area contributed by atoms with Gasteiger partial charge in [0, 0.05) is 5.56 Å². The number of amidine groups is 1. The van der Waals surface area contributed by atoms with Crippen molar-refractivity contribution in [2.45, 2.75) is 6.92 Å². The minimum Gasteiger partial charge on any atom is -0.307 e. The first-order valence-electron chi connectivity index (χ1n) is 3.69. The number of carbonyl (C=O) groups is 1. The van der Waals surface area contributed by atoms with Gasteiger partial charge in [-0.05, 0) is 19.1 Å². The molecule has 3 heteroatoms. The van der Waals surface area contributed by atoms with Crippen LogP contribution in [0.1, 0.15) is 21.5 Å². The average Bonchev–Trinajstić information content (AvgIpc) is 2.28. The van der Waals surface area contributed by atoms with Crippen LogP contribution >= 0.6 is 0 Å². The maximum absolute atomic E-state index is 11.1. The van der Waals surface area contributed by atoms with Crippen molar-refractivity contribution in [3.8, 4) is 0 Å². The SMILES string of the molecule is Cc1ccc2c(c1)C(=N)NC2=O. The topological polar surface area (TPSA) is 53.0 Å². The molecule has 2 rings (SSSR count). The number of aryl methyl sites for hydroxylation is 1. The molecule has 0 aromatic heterocycles. The normalized spacial score (nSPS) is 14.4. The Bertz CT molecular complexity index is 382. The van der Waals surface area contributed by atoms with Gasteiger partial charge in [0.15, 0.2) is 0 Å². The Balaban J connectivity index is 2.68. The van der Waals surface area contributed by atoms with E-state index in [1.54, 1.807) is 6.07 Å². The van der Waals surface area contributed by atoms with Crippen LogP contribution in [-0.2, 0) is 0 Å². The molecule has 1 aromatic carbocycles. The summed E-state index contributed by atoms with van der Waals surface area (Å²) in [7, 11) is 0. The second-order valence-corrected chi connectivity index (χ2v) is 2.88. The number of nitrogens with one attached hydrogen (secondary N) is 2. The van der Waals surface area contributed by atoms with Crippen LogP contribution in [0, 0.1) is 12.3 Å². The Labute approximate surface area is 69.9 Å². The zero-order valence-corrected chi connectivity index (χ0v) is 6.64. The van der Waals surface area contributed by atoms with E-state index >= 15 is 0 Å². The molecule has 60 valence electrons. The number of fused-ring (bicyclic) bond motifs is 1. The highest BCUT2D eigenvalue weighted by Gasteiger charge is 2.22. The average molecular weight is 160 g/mol. The molecule has 2 N–H and O–H groups in total. The molecule has 1 amide bonds. The summed E-state index contributed by atoms with van der Waals surface area (Å²) in [6.07, 6.45) is 0. The van der Waals surface area contributed by atoms with Crippen molar-refractivity contribution in [3.63, 3.8) is 0 Å². The molecule has 0 spiro atoms. The molecule has 0 bridgehead atoms. The third-order valence-corrected chi connectivity index (χ3v) is 1.93. The van der Waals surface area contributed by atoms with E-state index in [2.05, 4.69) is 5.32 Å². The summed E-state index contributed by atoms with van der Waals surface area (Å²) in [4.78, 5) is 11.1. The molecule has 0 radical (unpaired) electrons. The highest BCUT2D eigenvalue weighted by molar-refractivity contribution is 6.22. The van der Waals surface area contributed by atoms with Crippen LogP contribution in [0.25, 0.3) is 0 Å². The van der Waals surface area contributed by atoms with Gasteiger partial charge in [-0.3, -0.25) is 10.2 Å². The number of rotatable bonds is 0. The Morgan fingerprint density at radius 1 is 1.33 bits per heavy atom. The van der Waals surface area contributed by atoms with Gasteiger partial charge in [-0.1, -0.05) is 11.6 Å². The second kappa shape index (κ2) is 2.17. The highest BCUT2D eigenvalue weighted by Crippen LogP contribution is 2.16. The molecule has 12 heavy (non-hydrogen) atoms. The lowest BCUT2D eigenvalue weighted by Crippen LogP contribution is -2.19. The summed E-state index contributed by atoms with van der Waals surface area (Å²) in [5, 5.41) is 9.88. The summed E-state index contributed by atoms with van der Waals surface area (Å²) in [6.45, 7) is 1.94. The van der Waals surface area contributed by atoms with Gasteiger partial charge in [0.05, 0.1) is 5.56 Å². The van der Waals surface area contributed by atoms with Crippen molar-refractivity contribution >= 4 is 11.7 Å². The van der Waals surface area contributed by atoms with Crippen LogP contribution in [0.5, 0.6) is 0 Å². The lowest BCUT2D eigenvalue weighted by Gasteiger charge is -1.95. The summed E-state index contributed by atoms with van der Waals surface area (Å²) in [5.41, 5.74) is 2.38. The van der Waals surface area contributed by atoms with E-state index in [-0.39, 0.29) is 11.7 Å². The van der Waals surface area contributed by atoms with Crippen LogP contribution in [0.15, 0.2) is 18.2 Å². The number of hydrogen-bond donors (Lipinski definition) is 2. The predicted octanol–water partition coefficient (Wildman–Crippen LogP) is 1.06. The number of carbonyl (C=O) groups excluding carboxylic acids is 1. The van der Waals surface area contributed by atoms with E-state index in [1.165, 1.54) is 0 Å². The molecule has 0 aliphatic carbocycles. The maximum Gasteiger partial charge on any atom is 0.257 e. The van der Waals surface area contributed by atoms with Crippen molar-refractivity contribution in [2.24, 2.45) is 0 Å². The molecule has 1 aromatic rings. The molecule has 0 unspecified atom stereocenters. The molecule has 0 saturated heterocycles. The van der Waals surface area contributed by atoms with Gasteiger partial charge < -0.3 is 5.32 Å². The molecule has 0 fully saturated rings. The Kier molecular flexibility index (Phi) is 1.27. The molecule has 1 aliphatic rings. The van der Waals surface area contributed by atoms with Crippen LogP contribution < -0.4 is 5.32 Å². The summed E-state index contributed by atoms with van der Waals surface area (Å²) in [5.74, 6) is 0.0358. The van der Waals surface area contributed by atoms with Crippen LogP contribution in [0.3, 0.4) is 0 Å². The van der Waals surface area contributed by atoms with E-state index in [4.69, 9.17) is 5.41 Å². The zero-order chi connectivity index (χ0) is 8.72. The van der Waals surface area contributed by atoms with Crippen molar-refractivity contribution in [3.05, 3.63) is 34.9 Å². The quantitative estimate of drug-likeness (QED) is 0.586. The first kappa shape index (κ1) is 7.03. The van der Waals surface area contributed by atoms with Crippen molar-refractivity contribution < 1.29 is 4.79 Å². The second-order valence-electron chi connectivity index (χ2n) is 2.88. The van der Waals surface area contributed by atoms with E-state index in [1.807, 2.05) is 19.1 Å². The number of benzene rings is 1. The van der Waals surface area contributed by atoms with Gasteiger partial charge in [0.25, 0.3) is 5.91 Å². The molecular weight excluding hydrogens is 152 g/mol. The predicted molar refractivity (Wildman–Crippen MR) is 45.5 cm³/mol. The van der Waals surface area contributed by atoms with Crippen molar-refractivity contribution in [1.82, 2.24) is 5.32 Å². The Morgan fingerprint density at radius 2 is 2.08 bits per heavy atom. The minimum atomic E-state index is -0.171. The van der Waals surface area contributed by atoms with Crippen LogP contribution in [0.4, 0.5) is 0 Å². The fourth-order valence-corrected chi connectivity index (χ4v) is 1.31. The van der Waals surface area contributed by atoms with E-state index in [0.717, 1.165) is 5.56 Å². The number of hydrogen-bond acceptors (Lipinski definition) is 2. The molecule has 1 heterocycles. The fourth-order valence-electron chi connectivity index (χ4n) is 1.31. The van der Waals surface area contributed by atoms with Gasteiger partial charge >= 0.3 is 0 Å². The molecule has 3 nitrogen and oxygen atoms in total. The van der Waals surface area contributed by atoms with Crippen LogP contribution in [0.2, 0.25) is 0 Å². The zero-order valence-electron chi connectivity index (χ0n) is 6.64. The van der Waals surface area contributed by atoms with Gasteiger partial charge in [-0.15, -0.1) is 0 Å².